The van der Waals surface area contributed by atoms with E-state index in [-0.39, 0.29) is 18.0 Å². The van der Waals surface area contributed by atoms with E-state index in [4.69, 9.17) is 5.14 Å². The predicted octanol–water partition coefficient (Wildman–Crippen LogP) is 2.37. The molecular weight excluding hydrogens is 430 g/mol. The molecule has 2 aromatic rings. The first kappa shape index (κ1) is 21.0. The summed E-state index contributed by atoms with van der Waals surface area (Å²) in [7, 11) is -10.4. The number of benzene rings is 1. The zero-order valence-corrected chi connectivity index (χ0v) is 14.2. The van der Waals surface area contributed by atoms with Gasteiger partial charge in [-0.05, 0) is 24.3 Å². The summed E-state index contributed by atoms with van der Waals surface area (Å²) in [6.07, 6.45) is -4.74. The molecule has 2 rings (SSSR count). The molecule has 0 fully saturated rings. The van der Waals surface area contributed by atoms with Crippen LogP contribution in [0.1, 0.15) is 5.56 Å². The van der Waals surface area contributed by atoms with Gasteiger partial charge in [0.2, 0.25) is 15.9 Å². The maximum absolute atomic E-state index is 12.8. The fourth-order valence-electron chi connectivity index (χ4n) is 1.82. The highest BCUT2D eigenvalue weighted by Crippen LogP contribution is 2.36. The maximum atomic E-state index is 12.8. The molecule has 15 heteroatoms. The molecule has 150 valence electrons. The number of hydrogen-bond donors (Lipinski definition) is 1. The van der Waals surface area contributed by atoms with E-state index in [1.54, 1.807) is 0 Å². The molecule has 0 aliphatic carbocycles. The van der Waals surface area contributed by atoms with Crippen LogP contribution in [0.25, 0.3) is 5.69 Å². The Bertz CT molecular complexity index is 1050. The van der Waals surface area contributed by atoms with Crippen molar-refractivity contribution in [3.8, 4) is 11.6 Å². The van der Waals surface area contributed by atoms with Crippen LogP contribution >= 0.6 is 0 Å². The van der Waals surface area contributed by atoms with Crippen molar-refractivity contribution in [2.75, 3.05) is 0 Å². The summed E-state index contributed by atoms with van der Waals surface area (Å²) in [5.74, 6) is -1.30. The third kappa shape index (κ3) is 4.54. The van der Waals surface area contributed by atoms with Crippen molar-refractivity contribution in [1.29, 1.82) is 0 Å². The molecule has 7 nitrogen and oxygen atoms in total. The van der Waals surface area contributed by atoms with Gasteiger partial charge < -0.3 is 4.18 Å². The molecule has 0 saturated heterocycles. The lowest BCUT2D eigenvalue weighted by molar-refractivity contribution is -0.137. The van der Waals surface area contributed by atoms with E-state index in [0.717, 1.165) is 24.3 Å². The molecule has 1 heterocycles. The Kier molecular flexibility index (Phi) is 5.00. The smallest absolute Gasteiger partial charge is 0.357 e. The standard InChI is InChI=1S/C12H8F6N2O5S2/c13-11(14,15)7-5-10(25-27(23,24)12(16,17)18)20(6-7)8-1-3-9(4-2-8)26(19,21)22/h1-6H,(H2,19,21,22). The summed E-state index contributed by atoms with van der Waals surface area (Å²) in [6, 6.07) is 3.57. The van der Waals surface area contributed by atoms with Gasteiger partial charge in [-0.1, -0.05) is 0 Å². The molecule has 0 atom stereocenters. The quantitative estimate of drug-likeness (QED) is 0.448. The molecule has 0 amide bonds. The number of primary sulfonamides is 1. The molecule has 1 aromatic heterocycles. The monoisotopic (exact) mass is 438 g/mol. The molecule has 2 N–H and O–H groups in total. The number of nitrogens with zero attached hydrogens (tertiary/aromatic N) is 1. The molecule has 0 aliphatic heterocycles. The van der Waals surface area contributed by atoms with Crippen LogP contribution in [0.4, 0.5) is 26.3 Å². The Hall–Kier alpha value is -2.26. The van der Waals surface area contributed by atoms with Crippen molar-refractivity contribution in [3.63, 3.8) is 0 Å². The Morgan fingerprint density at radius 1 is 0.926 bits per heavy atom. The lowest BCUT2D eigenvalue weighted by Crippen LogP contribution is -2.28. The van der Waals surface area contributed by atoms with Gasteiger partial charge in [-0.15, -0.1) is 0 Å². The first-order chi connectivity index (χ1) is 12.0. The fourth-order valence-corrected chi connectivity index (χ4v) is 2.78. The first-order valence-corrected chi connectivity index (χ1v) is 9.41. The second-order valence-electron chi connectivity index (χ2n) is 4.96. The van der Waals surface area contributed by atoms with Crippen molar-refractivity contribution >= 4 is 20.1 Å². The van der Waals surface area contributed by atoms with Crippen molar-refractivity contribution in [2.45, 2.75) is 16.6 Å². The van der Waals surface area contributed by atoms with Crippen molar-refractivity contribution < 1.29 is 47.4 Å². The summed E-state index contributed by atoms with van der Waals surface area (Å²) in [4.78, 5) is -0.431. The second kappa shape index (κ2) is 6.42. The molecule has 27 heavy (non-hydrogen) atoms. The minimum absolute atomic E-state index is 0.0525. The van der Waals surface area contributed by atoms with Crippen molar-refractivity contribution in [3.05, 3.63) is 42.1 Å². The number of hydrogen-bond acceptors (Lipinski definition) is 5. The zero-order chi connectivity index (χ0) is 20.8. The van der Waals surface area contributed by atoms with Gasteiger partial charge in [-0.3, -0.25) is 4.57 Å². The summed E-state index contributed by atoms with van der Waals surface area (Å²) >= 11 is 0. The Morgan fingerprint density at radius 3 is 1.85 bits per heavy atom. The van der Waals surface area contributed by atoms with E-state index >= 15 is 0 Å². The van der Waals surface area contributed by atoms with Crippen LogP contribution < -0.4 is 9.32 Å². The molecule has 0 saturated carbocycles. The van der Waals surface area contributed by atoms with Gasteiger partial charge in [0.15, 0.2) is 0 Å². The molecule has 0 spiro atoms. The highest BCUT2D eigenvalue weighted by atomic mass is 32.2. The lowest BCUT2D eigenvalue weighted by Gasteiger charge is -2.12. The van der Waals surface area contributed by atoms with Crippen LogP contribution in [0.3, 0.4) is 0 Å². The number of sulfonamides is 1. The van der Waals surface area contributed by atoms with Crippen molar-refractivity contribution in [2.24, 2.45) is 5.14 Å². The van der Waals surface area contributed by atoms with E-state index in [0.29, 0.717) is 4.57 Å². The second-order valence-corrected chi connectivity index (χ2v) is 8.06. The van der Waals surface area contributed by atoms with Gasteiger partial charge in [-0.2, -0.15) is 34.8 Å². The first-order valence-electron chi connectivity index (χ1n) is 6.46. The number of rotatable bonds is 4. The topological polar surface area (TPSA) is 108 Å². The van der Waals surface area contributed by atoms with E-state index in [9.17, 15) is 43.2 Å². The molecular formula is C12H8F6N2O5S2. The van der Waals surface area contributed by atoms with E-state index in [2.05, 4.69) is 4.18 Å². The van der Waals surface area contributed by atoms with Crippen LogP contribution in [0.2, 0.25) is 0 Å². The Balaban J connectivity index is 2.60. The number of nitrogens with two attached hydrogens (primary N) is 1. The Morgan fingerprint density at radius 2 is 1.44 bits per heavy atom. The minimum atomic E-state index is -6.25. The third-order valence-corrected chi connectivity index (χ3v) is 4.92. The van der Waals surface area contributed by atoms with Gasteiger partial charge in [0.25, 0.3) is 0 Å². The molecule has 0 bridgehead atoms. The fraction of sp³-hybridized carbons (Fsp3) is 0.167. The van der Waals surface area contributed by atoms with Gasteiger partial charge >= 0.3 is 21.8 Å². The molecule has 0 radical (unpaired) electrons. The highest BCUT2D eigenvalue weighted by molar-refractivity contribution is 7.89. The highest BCUT2D eigenvalue weighted by Gasteiger charge is 2.49. The molecule has 0 unspecified atom stereocenters. The van der Waals surface area contributed by atoms with E-state index in [1.165, 1.54) is 0 Å². The van der Waals surface area contributed by atoms with Crippen LogP contribution in [-0.2, 0) is 26.3 Å². The van der Waals surface area contributed by atoms with Gasteiger partial charge in [0.05, 0.1) is 10.5 Å². The van der Waals surface area contributed by atoms with Crippen LogP contribution in [0.15, 0.2) is 41.4 Å². The zero-order valence-electron chi connectivity index (χ0n) is 12.6. The number of aromatic nitrogens is 1. The minimum Gasteiger partial charge on any atom is -0.357 e. The average Bonchev–Trinajstić information content (AvgIpc) is 2.88. The molecule has 0 aliphatic rings. The average molecular weight is 438 g/mol. The maximum Gasteiger partial charge on any atom is 0.534 e. The van der Waals surface area contributed by atoms with Crippen molar-refractivity contribution in [1.82, 2.24) is 4.57 Å². The van der Waals surface area contributed by atoms with Gasteiger partial charge in [0, 0.05) is 18.0 Å². The van der Waals surface area contributed by atoms with Crippen LogP contribution in [0, 0.1) is 0 Å². The molecule has 1 aromatic carbocycles. The van der Waals surface area contributed by atoms with Crippen LogP contribution in [0.5, 0.6) is 5.88 Å². The SMILES string of the molecule is NS(=O)(=O)c1ccc(-n2cc(C(F)(F)F)cc2OS(=O)(=O)C(F)(F)F)cc1. The summed E-state index contributed by atoms with van der Waals surface area (Å²) < 4.78 is 125. The van der Waals surface area contributed by atoms with Crippen LogP contribution in [-0.4, -0.2) is 26.9 Å². The third-order valence-electron chi connectivity index (χ3n) is 3.03. The normalized spacial score (nSPS) is 13.6. The van der Waals surface area contributed by atoms with E-state index < -0.39 is 48.2 Å². The largest absolute Gasteiger partial charge is 0.534 e. The summed E-state index contributed by atoms with van der Waals surface area (Å²) in [5.41, 5.74) is -7.69. The van der Waals surface area contributed by atoms with E-state index in [1.807, 2.05) is 0 Å². The van der Waals surface area contributed by atoms with Gasteiger partial charge in [-0.25, -0.2) is 13.6 Å². The predicted molar refractivity (Wildman–Crippen MR) is 77.7 cm³/mol. The number of halogens is 6. The summed E-state index contributed by atoms with van der Waals surface area (Å²) in [5, 5.41) is 4.86. The van der Waals surface area contributed by atoms with Gasteiger partial charge in [0.1, 0.15) is 0 Å². The lowest BCUT2D eigenvalue weighted by atomic mass is 10.3. The Labute approximate surface area is 148 Å². The summed E-state index contributed by atoms with van der Waals surface area (Å²) in [6.45, 7) is 0. The number of alkyl halides is 6.